The van der Waals surface area contributed by atoms with Gasteiger partial charge in [0.05, 0.1) is 0 Å². The summed E-state index contributed by atoms with van der Waals surface area (Å²) in [6.07, 6.45) is 13.3. The molecular weight excluding hydrogens is 671 g/mol. The summed E-state index contributed by atoms with van der Waals surface area (Å²) in [5, 5.41) is 0. The second kappa shape index (κ2) is 8.61. The molecule has 5 heteroatoms. The summed E-state index contributed by atoms with van der Waals surface area (Å²) >= 11 is 0. The molecule has 4 aromatic carbocycles. The standard InChI is InChI=1S/C35H22N4.Pt/c1-7-15-33-25(9-1)17-19-27-21-36(23-38(27)33)35(31-13-5-3-11-29(31)30-12-4-6-14-32(30)35)37-22-28-20-18-26-10-2-8-16-34(26)39(28)24-37;/h1-14,17-24H;/q-4;+4. The van der Waals surface area contributed by atoms with Gasteiger partial charge in [-0.05, 0) is 23.5 Å². The van der Waals surface area contributed by atoms with Gasteiger partial charge < -0.3 is 19.6 Å². The second-order valence-corrected chi connectivity index (χ2v) is 10.3. The van der Waals surface area contributed by atoms with E-state index in [1.165, 1.54) is 33.4 Å². The van der Waals surface area contributed by atoms with E-state index < -0.39 is 5.66 Å². The molecule has 4 aromatic rings. The van der Waals surface area contributed by atoms with Gasteiger partial charge in [-0.2, -0.15) is 48.5 Å². The maximum absolute atomic E-state index is 3.46. The van der Waals surface area contributed by atoms with Crippen molar-refractivity contribution < 1.29 is 21.1 Å². The first-order chi connectivity index (χ1) is 19.3. The Balaban J connectivity index is 0.00000245. The van der Waals surface area contributed by atoms with Gasteiger partial charge in [-0.3, -0.25) is 0 Å². The van der Waals surface area contributed by atoms with Crippen LogP contribution in [0.3, 0.4) is 0 Å². The molecule has 40 heavy (non-hydrogen) atoms. The zero-order valence-electron chi connectivity index (χ0n) is 21.3. The van der Waals surface area contributed by atoms with Crippen molar-refractivity contribution in [2.24, 2.45) is 0 Å². The van der Waals surface area contributed by atoms with Gasteiger partial charge in [0, 0.05) is 22.5 Å². The van der Waals surface area contributed by atoms with Gasteiger partial charge in [-0.15, -0.1) is 36.6 Å². The number of hydrogen-bond acceptors (Lipinski definition) is 4. The number of allylic oxidation sites excluding steroid dienone is 2. The zero-order valence-corrected chi connectivity index (χ0v) is 23.6. The molecule has 0 N–H and O–H groups in total. The summed E-state index contributed by atoms with van der Waals surface area (Å²) in [6.45, 7) is 4.46. The third kappa shape index (κ3) is 3.00. The maximum Gasteiger partial charge on any atom is 4.00 e. The van der Waals surface area contributed by atoms with E-state index in [2.05, 4.69) is 142 Å². The van der Waals surface area contributed by atoms with Crippen molar-refractivity contribution >= 4 is 23.5 Å². The van der Waals surface area contributed by atoms with Crippen LogP contribution < -0.4 is 9.80 Å². The molecule has 0 saturated carbocycles. The number of para-hydroxylation sites is 2. The Hall–Kier alpha value is -4.27. The molecule has 9 rings (SSSR count). The minimum absolute atomic E-state index is 0. The SMILES string of the molecule is [Pt+4].[c-]1cccc2c1N1[CH-]N(C3(N4C=C5C=Cc6ccc[c-]c6N5[CH-]4)c4ccccc4-c4ccccc43)C=C1C=C2. The van der Waals surface area contributed by atoms with E-state index in [1.807, 2.05) is 24.3 Å². The van der Waals surface area contributed by atoms with Crippen molar-refractivity contribution in [2.75, 3.05) is 9.80 Å². The van der Waals surface area contributed by atoms with Crippen LogP contribution in [0.4, 0.5) is 11.4 Å². The smallest absolute Gasteiger partial charge is 0.494 e. The van der Waals surface area contributed by atoms with E-state index in [0.29, 0.717) is 0 Å². The molecule has 4 nitrogen and oxygen atoms in total. The minimum Gasteiger partial charge on any atom is -0.494 e. The van der Waals surface area contributed by atoms with Gasteiger partial charge in [0.2, 0.25) is 0 Å². The monoisotopic (exact) mass is 693 g/mol. The molecule has 0 aromatic heterocycles. The fourth-order valence-corrected chi connectivity index (χ4v) is 6.63. The van der Waals surface area contributed by atoms with Crippen LogP contribution in [0.5, 0.6) is 0 Å². The average molecular weight is 694 g/mol. The predicted octanol–water partition coefficient (Wildman–Crippen LogP) is 7.09. The Bertz CT molecular complexity index is 1680. The Morgan fingerprint density at radius 1 is 0.550 bits per heavy atom. The molecule has 0 radical (unpaired) electrons. The van der Waals surface area contributed by atoms with Crippen molar-refractivity contribution in [3.8, 4) is 11.1 Å². The van der Waals surface area contributed by atoms with Gasteiger partial charge in [-0.1, -0.05) is 72.1 Å². The van der Waals surface area contributed by atoms with Gasteiger partial charge in [-0.25, -0.2) is 0 Å². The van der Waals surface area contributed by atoms with E-state index >= 15 is 0 Å². The summed E-state index contributed by atoms with van der Waals surface area (Å²) in [4.78, 5) is 9.25. The molecule has 4 aliphatic heterocycles. The topological polar surface area (TPSA) is 13.0 Å². The van der Waals surface area contributed by atoms with Crippen molar-refractivity contribution in [2.45, 2.75) is 5.66 Å². The Morgan fingerprint density at radius 3 is 1.52 bits per heavy atom. The predicted molar refractivity (Wildman–Crippen MR) is 155 cm³/mol. The number of fused-ring (bicyclic) bond motifs is 9. The summed E-state index contributed by atoms with van der Waals surface area (Å²) in [5.41, 5.74) is 11.1. The Morgan fingerprint density at radius 2 is 1.02 bits per heavy atom. The third-order valence-corrected chi connectivity index (χ3v) is 8.30. The second-order valence-electron chi connectivity index (χ2n) is 10.3. The molecule has 0 bridgehead atoms. The van der Waals surface area contributed by atoms with Gasteiger partial charge in [0.15, 0.2) is 0 Å². The molecule has 5 aliphatic rings. The summed E-state index contributed by atoms with van der Waals surface area (Å²) < 4.78 is 0. The Labute approximate surface area is 248 Å². The fourth-order valence-electron chi connectivity index (χ4n) is 6.63. The molecule has 192 valence electrons. The first kappa shape index (κ1) is 23.6. The van der Waals surface area contributed by atoms with Gasteiger partial charge in [0.25, 0.3) is 0 Å². The number of benzene rings is 4. The first-order valence-corrected chi connectivity index (χ1v) is 13.2. The van der Waals surface area contributed by atoms with Crippen LogP contribution in [-0.4, -0.2) is 9.80 Å². The number of hydrogen-bond donors (Lipinski definition) is 0. The third-order valence-electron chi connectivity index (χ3n) is 8.30. The molecule has 0 amide bonds. The van der Waals surface area contributed by atoms with E-state index in [4.69, 9.17) is 0 Å². The van der Waals surface area contributed by atoms with Gasteiger partial charge in [0.1, 0.15) is 5.66 Å². The van der Waals surface area contributed by atoms with Crippen LogP contribution in [-0.2, 0) is 26.7 Å². The molecular formula is C35H22N4Pt. The van der Waals surface area contributed by atoms with E-state index in [-0.39, 0.29) is 21.1 Å². The van der Waals surface area contributed by atoms with Crippen molar-refractivity contribution in [1.29, 1.82) is 0 Å². The Kier molecular flexibility index (Phi) is 5.08. The van der Waals surface area contributed by atoms with Crippen LogP contribution in [0.25, 0.3) is 23.3 Å². The molecule has 0 atom stereocenters. The van der Waals surface area contributed by atoms with Crippen LogP contribution in [0.2, 0.25) is 0 Å². The molecule has 1 aliphatic carbocycles. The summed E-state index contributed by atoms with van der Waals surface area (Å²) in [6, 6.07) is 36.9. The number of rotatable bonds is 2. The van der Waals surface area contributed by atoms with E-state index in [9.17, 15) is 0 Å². The maximum atomic E-state index is 3.46. The minimum atomic E-state index is -0.632. The molecule has 0 spiro atoms. The number of nitrogens with zero attached hydrogens (tertiary/aromatic N) is 4. The summed E-state index contributed by atoms with van der Waals surface area (Å²) in [5.74, 6) is 0. The molecule has 0 unspecified atom stereocenters. The quantitative estimate of drug-likeness (QED) is 0.208. The zero-order chi connectivity index (χ0) is 25.6. The molecule has 0 saturated heterocycles. The van der Waals surface area contributed by atoms with Crippen molar-refractivity contribution in [3.63, 3.8) is 0 Å². The van der Waals surface area contributed by atoms with Crippen molar-refractivity contribution in [1.82, 2.24) is 9.80 Å². The molecule has 4 heterocycles. The van der Waals surface area contributed by atoms with Crippen molar-refractivity contribution in [3.05, 3.63) is 169 Å². The van der Waals surface area contributed by atoms with E-state index in [1.54, 1.807) is 0 Å². The first-order valence-electron chi connectivity index (χ1n) is 13.2. The van der Waals surface area contributed by atoms with Crippen LogP contribution >= 0.6 is 0 Å². The molecule has 0 fully saturated rings. The normalized spacial score (nSPS) is 18.2. The van der Waals surface area contributed by atoms with Crippen LogP contribution in [0.1, 0.15) is 22.3 Å². The van der Waals surface area contributed by atoms with Gasteiger partial charge >= 0.3 is 21.1 Å². The average Bonchev–Trinajstić information content (AvgIpc) is 3.70. The largest absolute Gasteiger partial charge is 4.00 e. The van der Waals surface area contributed by atoms with Crippen LogP contribution in [0, 0.1) is 25.5 Å². The van der Waals surface area contributed by atoms with Crippen LogP contribution in [0.15, 0.2) is 121 Å². The summed E-state index contributed by atoms with van der Waals surface area (Å²) in [7, 11) is 0. The number of anilines is 2. The van der Waals surface area contributed by atoms with E-state index in [0.717, 1.165) is 22.8 Å². The fraction of sp³-hybridized carbons (Fsp3) is 0.0286.